The second-order valence-electron chi connectivity index (χ2n) is 3.82. The first-order chi connectivity index (χ1) is 7.70. The first kappa shape index (κ1) is 9.48. The average Bonchev–Trinajstić information content (AvgIpc) is 2.80. The molecule has 0 aliphatic heterocycles. The molecule has 16 heavy (non-hydrogen) atoms. The number of hydrogen-bond acceptors (Lipinski definition) is 1. The molecule has 4 heteroatoms. The number of aromatic nitrogens is 2. The molecule has 3 rings (SSSR count). The SMILES string of the molecule is Cn1c2ccc(Cl)cc2c2[nH]c(C=O)cc21. The van der Waals surface area contributed by atoms with E-state index in [1.54, 1.807) is 0 Å². The van der Waals surface area contributed by atoms with Gasteiger partial charge >= 0.3 is 0 Å². The van der Waals surface area contributed by atoms with Gasteiger partial charge in [-0.15, -0.1) is 0 Å². The molecule has 0 bridgehead atoms. The van der Waals surface area contributed by atoms with Crippen molar-refractivity contribution in [3.8, 4) is 0 Å². The fraction of sp³-hybridized carbons (Fsp3) is 0.0833. The van der Waals surface area contributed by atoms with Gasteiger partial charge < -0.3 is 9.55 Å². The number of aryl methyl sites for hydroxylation is 1. The van der Waals surface area contributed by atoms with Crippen LogP contribution in [0.2, 0.25) is 5.02 Å². The molecule has 2 aromatic heterocycles. The van der Waals surface area contributed by atoms with Crippen molar-refractivity contribution in [3.63, 3.8) is 0 Å². The Kier molecular flexibility index (Phi) is 1.85. The Hall–Kier alpha value is -1.74. The Bertz CT molecular complexity index is 709. The fourth-order valence-corrected chi connectivity index (χ4v) is 2.30. The van der Waals surface area contributed by atoms with Crippen LogP contribution >= 0.6 is 11.6 Å². The van der Waals surface area contributed by atoms with Crippen LogP contribution in [0.25, 0.3) is 21.9 Å². The summed E-state index contributed by atoms with van der Waals surface area (Å²) >= 11 is 5.98. The Balaban J connectivity index is 2.54. The third kappa shape index (κ3) is 1.12. The minimum absolute atomic E-state index is 0.586. The number of halogens is 1. The summed E-state index contributed by atoms with van der Waals surface area (Å²) in [5, 5.41) is 1.74. The van der Waals surface area contributed by atoms with Gasteiger partial charge in [-0.3, -0.25) is 4.79 Å². The van der Waals surface area contributed by atoms with Crippen LogP contribution in [0.5, 0.6) is 0 Å². The van der Waals surface area contributed by atoms with E-state index < -0.39 is 0 Å². The summed E-state index contributed by atoms with van der Waals surface area (Å²) < 4.78 is 2.05. The van der Waals surface area contributed by atoms with Crippen LogP contribution in [0.15, 0.2) is 24.3 Å². The van der Waals surface area contributed by atoms with Crippen LogP contribution in [0.1, 0.15) is 10.5 Å². The molecule has 0 fully saturated rings. The van der Waals surface area contributed by atoms with Crippen molar-refractivity contribution in [2.24, 2.45) is 7.05 Å². The summed E-state index contributed by atoms with van der Waals surface area (Å²) in [6, 6.07) is 7.59. The maximum atomic E-state index is 10.7. The van der Waals surface area contributed by atoms with E-state index in [4.69, 9.17) is 11.6 Å². The first-order valence-electron chi connectivity index (χ1n) is 4.92. The quantitative estimate of drug-likeness (QED) is 0.643. The minimum Gasteiger partial charge on any atom is -0.351 e. The van der Waals surface area contributed by atoms with E-state index in [1.165, 1.54) is 0 Å². The molecule has 2 heterocycles. The van der Waals surface area contributed by atoms with E-state index in [0.29, 0.717) is 10.7 Å². The lowest BCUT2D eigenvalue weighted by Gasteiger charge is -1.96. The number of nitrogens with zero attached hydrogens (tertiary/aromatic N) is 1. The number of fused-ring (bicyclic) bond motifs is 3. The van der Waals surface area contributed by atoms with Crippen molar-refractivity contribution in [3.05, 3.63) is 35.0 Å². The van der Waals surface area contributed by atoms with Crippen LogP contribution < -0.4 is 0 Å². The number of aromatic amines is 1. The van der Waals surface area contributed by atoms with Gasteiger partial charge in [0, 0.05) is 17.5 Å². The summed E-state index contributed by atoms with van der Waals surface area (Å²) in [4.78, 5) is 13.8. The molecular formula is C12H9ClN2O. The maximum Gasteiger partial charge on any atom is 0.166 e. The lowest BCUT2D eigenvalue weighted by Crippen LogP contribution is -1.85. The largest absolute Gasteiger partial charge is 0.351 e. The number of carbonyl (C=O) groups is 1. The molecule has 80 valence electrons. The maximum absolute atomic E-state index is 10.7. The van der Waals surface area contributed by atoms with Crippen molar-refractivity contribution in [2.75, 3.05) is 0 Å². The van der Waals surface area contributed by atoms with Crippen LogP contribution in [-0.4, -0.2) is 15.8 Å². The zero-order valence-corrected chi connectivity index (χ0v) is 9.38. The van der Waals surface area contributed by atoms with Gasteiger partial charge in [-0.1, -0.05) is 11.6 Å². The summed E-state index contributed by atoms with van der Waals surface area (Å²) in [6.45, 7) is 0. The smallest absolute Gasteiger partial charge is 0.166 e. The van der Waals surface area contributed by atoms with Crippen LogP contribution in [0.3, 0.4) is 0 Å². The van der Waals surface area contributed by atoms with Crippen molar-refractivity contribution in [2.45, 2.75) is 0 Å². The molecule has 0 aliphatic rings. The molecule has 0 unspecified atom stereocenters. The van der Waals surface area contributed by atoms with Gasteiger partial charge in [0.1, 0.15) is 0 Å². The molecule has 0 saturated carbocycles. The summed E-state index contributed by atoms with van der Waals surface area (Å²) in [5.74, 6) is 0. The highest BCUT2D eigenvalue weighted by molar-refractivity contribution is 6.31. The second kappa shape index (κ2) is 3.12. The summed E-state index contributed by atoms with van der Waals surface area (Å²) in [5.41, 5.74) is 3.66. The van der Waals surface area contributed by atoms with E-state index >= 15 is 0 Å². The first-order valence-corrected chi connectivity index (χ1v) is 5.30. The normalized spacial score (nSPS) is 11.4. The Morgan fingerprint density at radius 2 is 2.12 bits per heavy atom. The minimum atomic E-state index is 0.586. The van der Waals surface area contributed by atoms with Crippen molar-refractivity contribution >= 4 is 39.8 Å². The molecule has 0 atom stereocenters. The molecule has 0 saturated heterocycles. The van der Waals surface area contributed by atoms with Crippen molar-refractivity contribution in [1.29, 1.82) is 0 Å². The molecule has 0 spiro atoms. The van der Waals surface area contributed by atoms with E-state index in [-0.39, 0.29) is 0 Å². The van der Waals surface area contributed by atoms with E-state index in [0.717, 1.165) is 28.2 Å². The van der Waals surface area contributed by atoms with Gasteiger partial charge in [0.15, 0.2) is 6.29 Å². The molecule has 3 aromatic rings. The molecule has 0 aliphatic carbocycles. The standard InChI is InChI=1S/C12H9ClN2O/c1-15-10-3-2-7(13)4-9(10)12-11(15)5-8(6-16)14-12/h2-6,14H,1H3. The van der Waals surface area contributed by atoms with Gasteiger partial charge in [-0.05, 0) is 24.3 Å². The second-order valence-corrected chi connectivity index (χ2v) is 4.26. The number of aldehydes is 1. The summed E-state index contributed by atoms with van der Waals surface area (Å²) in [7, 11) is 1.97. The highest BCUT2D eigenvalue weighted by Crippen LogP contribution is 2.29. The number of benzene rings is 1. The lowest BCUT2D eigenvalue weighted by molar-refractivity contribution is 0.112. The highest BCUT2D eigenvalue weighted by Gasteiger charge is 2.11. The Morgan fingerprint density at radius 1 is 1.31 bits per heavy atom. The zero-order valence-electron chi connectivity index (χ0n) is 8.62. The number of nitrogens with one attached hydrogen (secondary N) is 1. The van der Waals surface area contributed by atoms with Crippen LogP contribution in [-0.2, 0) is 7.05 Å². The van der Waals surface area contributed by atoms with E-state index in [9.17, 15) is 4.79 Å². The van der Waals surface area contributed by atoms with Crippen LogP contribution in [0, 0.1) is 0 Å². The van der Waals surface area contributed by atoms with Crippen molar-refractivity contribution in [1.82, 2.24) is 9.55 Å². The molecule has 1 aromatic carbocycles. The van der Waals surface area contributed by atoms with Gasteiger partial charge in [0.2, 0.25) is 0 Å². The molecule has 0 amide bonds. The Labute approximate surface area is 96.6 Å². The van der Waals surface area contributed by atoms with Gasteiger partial charge in [0.05, 0.1) is 22.2 Å². The van der Waals surface area contributed by atoms with Crippen molar-refractivity contribution < 1.29 is 4.79 Å². The molecule has 1 N–H and O–H groups in total. The number of carbonyl (C=O) groups excluding carboxylic acids is 1. The van der Waals surface area contributed by atoms with E-state index in [1.807, 2.05) is 35.9 Å². The third-order valence-electron chi connectivity index (χ3n) is 2.90. The molecule has 0 radical (unpaired) electrons. The number of H-pyrrole nitrogens is 1. The fourth-order valence-electron chi connectivity index (χ4n) is 2.13. The third-order valence-corrected chi connectivity index (χ3v) is 3.13. The number of rotatable bonds is 1. The predicted molar refractivity (Wildman–Crippen MR) is 65.2 cm³/mol. The average molecular weight is 233 g/mol. The summed E-state index contributed by atoms with van der Waals surface area (Å²) in [6.07, 6.45) is 0.816. The molecule has 3 nitrogen and oxygen atoms in total. The van der Waals surface area contributed by atoms with Gasteiger partial charge in [-0.25, -0.2) is 0 Å². The van der Waals surface area contributed by atoms with Crippen LogP contribution in [0.4, 0.5) is 0 Å². The number of hydrogen-bond donors (Lipinski definition) is 1. The van der Waals surface area contributed by atoms with E-state index in [2.05, 4.69) is 4.98 Å². The van der Waals surface area contributed by atoms with Gasteiger partial charge in [0.25, 0.3) is 0 Å². The predicted octanol–water partition coefficient (Wildman–Crippen LogP) is 3.13. The zero-order chi connectivity index (χ0) is 11.3. The van der Waals surface area contributed by atoms with Gasteiger partial charge in [-0.2, -0.15) is 0 Å². The highest BCUT2D eigenvalue weighted by atomic mass is 35.5. The molecular weight excluding hydrogens is 224 g/mol. The topological polar surface area (TPSA) is 37.8 Å². The monoisotopic (exact) mass is 232 g/mol. The lowest BCUT2D eigenvalue weighted by atomic mass is 10.2. The Morgan fingerprint density at radius 3 is 2.88 bits per heavy atom.